The van der Waals surface area contributed by atoms with Gasteiger partial charge in [-0.2, -0.15) is 0 Å². The third-order valence-corrected chi connectivity index (χ3v) is 3.33. The van der Waals surface area contributed by atoms with Crippen molar-refractivity contribution in [1.29, 1.82) is 0 Å². The molecule has 0 bridgehead atoms. The first kappa shape index (κ1) is 18.1. The maximum Gasteiger partial charge on any atom is 0.342 e. The van der Waals surface area contributed by atoms with Crippen LogP contribution in [0.4, 0.5) is 5.69 Å². The summed E-state index contributed by atoms with van der Waals surface area (Å²) >= 11 is 5.89. The number of esters is 1. The monoisotopic (exact) mass is 328 g/mol. The summed E-state index contributed by atoms with van der Waals surface area (Å²) in [7, 11) is 1.40. The van der Waals surface area contributed by atoms with Crippen LogP contribution in [0.15, 0.2) is 12.1 Å². The quantitative estimate of drug-likeness (QED) is 0.592. The highest BCUT2D eigenvalue weighted by Crippen LogP contribution is 2.29. The summed E-state index contributed by atoms with van der Waals surface area (Å²) in [5.74, 6) is -0.807. The van der Waals surface area contributed by atoms with Gasteiger partial charge in [0.1, 0.15) is 11.3 Å². The third kappa shape index (κ3) is 5.11. The Morgan fingerprint density at radius 1 is 1.41 bits per heavy atom. The Morgan fingerprint density at radius 2 is 2.09 bits per heavy atom. The number of ether oxygens (including phenoxy) is 2. The average molecular weight is 329 g/mol. The highest BCUT2D eigenvalue weighted by atomic mass is 35.5. The van der Waals surface area contributed by atoms with Crippen LogP contribution in [0.1, 0.15) is 37.0 Å². The van der Waals surface area contributed by atoms with Gasteiger partial charge in [0.25, 0.3) is 5.91 Å². The van der Waals surface area contributed by atoms with Crippen molar-refractivity contribution < 1.29 is 19.1 Å². The number of amides is 1. The van der Waals surface area contributed by atoms with Crippen molar-refractivity contribution in [3.8, 4) is 5.75 Å². The number of benzene rings is 1. The van der Waals surface area contributed by atoms with Crippen molar-refractivity contribution in [1.82, 2.24) is 5.32 Å². The first-order valence-corrected chi connectivity index (χ1v) is 7.36. The van der Waals surface area contributed by atoms with E-state index in [-0.39, 0.29) is 34.9 Å². The van der Waals surface area contributed by atoms with Gasteiger partial charge in [-0.3, -0.25) is 4.79 Å². The number of hydrogen-bond acceptors (Lipinski definition) is 5. The number of anilines is 1. The number of hydrogen-bond donors (Lipinski definition) is 2. The smallest absolute Gasteiger partial charge is 0.342 e. The lowest BCUT2D eigenvalue weighted by Gasteiger charge is -2.13. The van der Waals surface area contributed by atoms with Crippen molar-refractivity contribution >= 4 is 29.2 Å². The molecule has 0 spiro atoms. The van der Waals surface area contributed by atoms with E-state index in [9.17, 15) is 9.59 Å². The van der Waals surface area contributed by atoms with Crippen LogP contribution in [0, 0.1) is 0 Å². The minimum absolute atomic E-state index is 0.0386. The van der Waals surface area contributed by atoms with Gasteiger partial charge in [0.2, 0.25) is 0 Å². The first-order valence-electron chi connectivity index (χ1n) is 6.98. The second-order valence-corrected chi connectivity index (χ2v) is 5.31. The number of methoxy groups -OCH3 is 1. The van der Waals surface area contributed by atoms with E-state index in [1.54, 1.807) is 0 Å². The molecule has 0 heterocycles. The highest BCUT2D eigenvalue weighted by Gasteiger charge is 2.18. The van der Waals surface area contributed by atoms with Gasteiger partial charge in [-0.25, -0.2) is 4.79 Å². The van der Waals surface area contributed by atoms with Gasteiger partial charge >= 0.3 is 5.97 Å². The normalized spacial score (nSPS) is 11.6. The molecule has 0 unspecified atom stereocenters. The van der Waals surface area contributed by atoms with E-state index in [0.29, 0.717) is 5.69 Å². The number of nitrogens with two attached hydrogens (primary N) is 1. The Bertz CT molecular complexity index is 549. The number of rotatable bonds is 7. The van der Waals surface area contributed by atoms with Gasteiger partial charge in [-0.15, -0.1) is 0 Å². The molecule has 0 saturated carbocycles. The van der Waals surface area contributed by atoms with Crippen molar-refractivity contribution in [3.63, 3.8) is 0 Å². The van der Waals surface area contributed by atoms with Crippen LogP contribution in [0.5, 0.6) is 5.75 Å². The molecule has 22 heavy (non-hydrogen) atoms. The predicted octanol–water partition coefficient (Wildman–Crippen LogP) is 2.39. The molecule has 1 rings (SSSR count). The molecule has 3 N–H and O–H groups in total. The van der Waals surface area contributed by atoms with Crippen LogP contribution in [0.2, 0.25) is 5.02 Å². The standard InChI is InChI=1S/C15H21ClN2O4/c1-4-5-9(2)18-14(19)8-22-15(20)10-6-11(16)12(17)7-13(10)21-3/h6-7,9H,4-5,8,17H2,1-3H3,(H,18,19)/t9-/m1/s1. The summed E-state index contributed by atoms with van der Waals surface area (Å²) in [4.78, 5) is 23.7. The van der Waals surface area contributed by atoms with E-state index < -0.39 is 5.97 Å². The molecule has 0 radical (unpaired) electrons. The fourth-order valence-electron chi connectivity index (χ4n) is 1.93. The SMILES string of the molecule is CCC[C@@H](C)NC(=O)COC(=O)c1cc(Cl)c(N)cc1OC. The Balaban J connectivity index is 2.66. The van der Waals surface area contributed by atoms with Crippen molar-refractivity contribution in [2.45, 2.75) is 32.7 Å². The van der Waals surface area contributed by atoms with Gasteiger partial charge in [0.15, 0.2) is 6.61 Å². The molecular formula is C15H21ClN2O4. The molecule has 0 aliphatic carbocycles. The van der Waals surface area contributed by atoms with Gasteiger partial charge in [-0.1, -0.05) is 24.9 Å². The number of halogens is 1. The van der Waals surface area contributed by atoms with E-state index in [1.807, 2.05) is 13.8 Å². The summed E-state index contributed by atoms with van der Waals surface area (Å²) < 4.78 is 10.0. The van der Waals surface area contributed by atoms with E-state index in [2.05, 4.69) is 5.32 Å². The lowest BCUT2D eigenvalue weighted by Crippen LogP contribution is -2.35. The second kappa shape index (κ2) is 8.48. The molecule has 7 heteroatoms. The van der Waals surface area contributed by atoms with E-state index in [0.717, 1.165) is 12.8 Å². The Kier molecular flexibility index (Phi) is 6.98. The molecule has 6 nitrogen and oxygen atoms in total. The fraction of sp³-hybridized carbons (Fsp3) is 0.467. The summed E-state index contributed by atoms with van der Waals surface area (Å²) in [6.07, 6.45) is 1.82. The first-order chi connectivity index (χ1) is 10.4. The molecule has 0 aliphatic heterocycles. The Morgan fingerprint density at radius 3 is 2.68 bits per heavy atom. The minimum Gasteiger partial charge on any atom is -0.496 e. The summed E-state index contributed by atoms with van der Waals surface area (Å²) in [6.45, 7) is 3.56. The van der Waals surface area contributed by atoms with Gasteiger partial charge in [-0.05, 0) is 19.4 Å². The number of carbonyl (C=O) groups is 2. The molecule has 0 aliphatic rings. The van der Waals surface area contributed by atoms with Crippen LogP contribution in [0.3, 0.4) is 0 Å². The number of nitrogen functional groups attached to an aromatic ring is 1. The van der Waals surface area contributed by atoms with Gasteiger partial charge < -0.3 is 20.5 Å². The molecule has 1 aromatic carbocycles. The second-order valence-electron chi connectivity index (χ2n) is 4.91. The van der Waals surface area contributed by atoms with Crippen LogP contribution in [0.25, 0.3) is 0 Å². The predicted molar refractivity (Wildman–Crippen MR) is 85.2 cm³/mol. The van der Waals surface area contributed by atoms with Crippen molar-refractivity contribution in [2.24, 2.45) is 0 Å². The minimum atomic E-state index is -0.697. The zero-order valence-corrected chi connectivity index (χ0v) is 13.7. The van der Waals surface area contributed by atoms with Crippen LogP contribution in [-0.2, 0) is 9.53 Å². The van der Waals surface area contributed by atoms with Crippen molar-refractivity contribution in [3.05, 3.63) is 22.7 Å². The summed E-state index contributed by atoms with van der Waals surface area (Å²) in [6, 6.07) is 2.83. The zero-order chi connectivity index (χ0) is 16.7. The topological polar surface area (TPSA) is 90.7 Å². The number of nitrogens with one attached hydrogen (secondary N) is 1. The van der Waals surface area contributed by atoms with E-state index in [1.165, 1.54) is 19.2 Å². The molecule has 0 fully saturated rings. The highest BCUT2D eigenvalue weighted by molar-refractivity contribution is 6.33. The van der Waals surface area contributed by atoms with Crippen LogP contribution in [-0.4, -0.2) is 31.6 Å². The lowest BCUT2D eigenvalue weighted by atomic mass is 10.2. The largest absolute Gasteiger partial charge is 0.496 e. The molecule has 1 amide bonds. The molecular weight excluding hydrogens is 308 g/mol. The van der Waals surface area contributed by atoms with Crippen molar-refractivity contribution in [2.75, 3.05) is 19.5 Å². The van der Waals surface area contributed by atoms with Gasteiger partial charge in [0, 0.05) is 12.1 Å². The fourth-order valence-corrected chi connectivity index (χ4v) is 2.09. The zero-order valence-electron chi connectivity index (χ0n) is 12.9. The Hall–Kier alpha value is -1.95. The summed E-state index contributed by atoms with van der Waals surface area (Å²) in [5.41, 5.74) is 6.06. The molecule has 122 valence electrons. The number of carbonyl (C=O) groups excluding carboxylic acids is 2. The van der Waals surface area contributed by atoms with E-state index >= 15 is 0 Å². The average Bonchev–Trinajstić information content (AvgIpc) is 2.47. The van der Waals surface area contributed by atoms with Gasteiger partial charge in [0.05, 0.1) is 17.8 Å². The molecule has 1 atom stereocenters. The maximum atomic E-state index is 12.0. The van der Waals surface area contributed by atoms with Crippen LogP contribution < -0.4 is 15.8 Å². The third-order valence-electron chi connectivity index (χ3n) is 3.00. The Labute approximate surface area is 134 Å². The molecule has 0 aromatic heterocycles. The van der Waals surface area contributed by atoms with E-state index in [4.69, 9.17) is 26.8 Å². The molecule has 1 aromatic rings. The lowest BCUT2D eigenvalue weighted by molar-refractivity contribution is -0.124. The molecule has 0 saturated heterocycles. The summed E-state index contributed by atoms with van der Waals surface area (Å²) in [5, 5.41) is 2.96. The maximum absolute atomic E-state index is 12.0. The van der Waals surface area contributed by atoms with Crippen LogP contribution >= 0.6 is 11.6 Å².